The first-order valence-corrected chi connectivity index (χ1v) is 6.28. The van der Waals surface area contributed by atoms with Crippen molar-refractivity contribution < 1.29 is 0 Å². The van der Waals surface area contributed by atoms with Crippen LogP contribution < -0.4 is 5.32 Å². The maximum Gasteiger partial charge on any atom is 0.0474 e. The van der Waals surface area contributed by atoms with Crippen LogP contribution in [0.4, 0.5) is 0 Å². The number of hydrogen-bond donors (Lipinski definition) is 1. The Balaban J connectivity index is 0.00000108. The molecule has 1 saturated carbocycles. The minimum atomic E-state index is 0. The smallest absolute Gasteiger partial charge is 0.0474 e. The summed E-state index contributed by atoms with van der Waals surface area (Å²) in [6, 6.07) is 4.85. The summed E-state index contributed by atoms with van der Waals surface area (Å²) in [5.74, 6) is 0.974. The summed E-state index contributed by atoms with van der Waals surface area (Å²) in [6.45, 7) is 4.68. The van der Waals surface area contributed by atoms with E-state index in [1.165, 1.54) is 31.5 Å². The van der Waals surface area contributed by atoms with Crippen molar-refractivity contribution in [1.29, 1.82) is 0 Å². The Morgan fingerprint density at radius 3 is 2.76 bits per heavy atom. The van der Waals surface area contributed by atoms with Gasteiger partial charge in [0.1, 0.15) is 0 Å². The second kappa shape index (κ2) is 5.80. The molecule has 1 aromatic heterocycles. The van der Waals surface area contributed by atoms with Crippen LogP contribution in [0.5, 0.6) is 0 Å². The van der Waals surface area contributed by atoms with Gasteiger partial charge in [0.2, 0.25) is 0 Å². The molecule has 17 heavy (non-hydrogen) atoms. The zero-order valence-electron chi connectivity index (χ0n) is 10.0. The predicted octanol–water partition coefficient (Wildman–Crippen LogP) is 1.86. The maximum atomic E-state index is 4.10. The highest BCUT2D eigenvalue weighted by Crippen LogP contribution is 2.33. The number of pyridine rings is 1. The molecule has 3 rings (SSSR count). The van der Waals surface area contributed by atoms with Gasteiger partial charge in [-0.3, -0.25) is 9.88 Å². The Morgan fingerprint density at radius 2 is 2.06 bits per heavy atom. The first-order chi connectivity index (χ1) is 7.93. The molecule has 1 saturated heterocycles. The number of piperazine rings is 1. The van der Waals surface area contributed by atoms with Crippen molar-refractivity contribution >= 4 is 12.4 Å². The van der Waals surface area contributed by atoms with Crippen molar-refractivity contribution in [2.24, 2.45) is 5.92 Å². The van der Waals surface area contributed by atoms with Crippen molar-refractivity contribution in [3.8, 4) is 0 Å². The number of rotatable bonds is 3. The molecule has 4 heteroatoms. The van der Waals surface area contributed by atoms with Gasteiger partial charge in [-0.2, -0.15) is 0 Å². The van der Waals surface area contributed by atoms with E-state index in [-0.39, 0.29) is 12.4 Å². The van der Waals surface area contributed by atoms with E-state index in [1.807, 2.05) is 12.4 Å². The predicted molar refractivity (Wildman–Crippen MR) is 71.4 cm³/mol. The topological polar surface area (TPSA) is 28.2 Å². The number of nitrogens with zero attached hydrogens (tertiary/aromatic N) is 2. The summed E-state index contributed by atoms with van der Waals surface area (Å²) in [7, 11) is 0. The highest BCUT2D eigenvalue weighted by Gasteiger charge is 2.30. The third kappa shape index (κ3) is 3.18. The molecule has 1 aromatic rings. The standard InChI is InChI=1S/C13H19N3.ClH/c1-2-11(1)10-16-8-7-15-9-13(16)12-3-5-14-6-4-12;/h3-6,11,13,15H,1-2,7-10H2;1H. The molecule has 0 radical (unpaired) electrons. The Morgan fingerprint density at radius 1 is 1.29 bits per heavy atom. The molecular formula is C13H20ClN3. The van der Waals surface area contributed by atoms with Crippen molar-refractivity contribution in [2.45, 2.75) is 18.9 Å². The molecule has 1 unspecified atom stereocenters. The van der Waals surface area contributed by atoms with Gasteiger partial charge in [0.05, 0.1) is 0 Å². The van der Waals surface area contributed by atoms with Crippen LogP contribution in [0.2, 0.25) is 0 Å². The lowest BCUT2D eigenvalue weighted by atomic mass is 10.0. The Bertz CT molecular complexity index is 340. The molecule has 1 atom stereocenters. The molecule has 1 aliphatic heterocycles. The van der Waals surface area contributed by atoms with Crippen LogP contribution in [0, 0.1) is 5.92 Å². The maximum absolute atomic E-state index is 4.10. The second-order valence-corrected chi connectivity index (χ2v) is 4.94. The number of hydrogen-bond acceptors (Lipinski definition) is 3. The van der Waals surface area contributed by atoms with Gasteiger partial charge in [0.25, 0.3) is 0 Å². The van der Waals surface area contributed by atoms with Crippen LogP contribution in [0.3, 0.4) is 0 Å². The molecule has 0 amide bonds. The van der Waals surface area contributed by atoms with Crippen LogP contribution in [0.25, 0.3) is 0 Å². The molecule has 2 heterocycles. The third-order valence-electron chi connectivity index (χ3n) is 3.63. The highest BCUT2D eigenvalue weighted by atomic mass is 35.5. The van der Waals surface area contributed by atoms with E-state index in [0.29, 0.717) is 6.04 Å². The molecule has 0 aromatic carbocycles. The van der Waals surface area contributed by atoms with E-state index >= 15 is 0 Å². The fourth-order valence-electron chi connectivity index (χ4n) is 2.51. The lowest BCUT2D eigenvalue weighted by molar-refractivity contribution is 0.155. The van der Waals surface area contributed by atoms with Crippen LogP contribution in [0.1, 0.15) is 24.4 Å². The molecule has 1 N–H and O–H groups in total. The lowest BCUT2D eigenvalue weighted by Crippen LogP contribution is -2.46. The third-order valence-corrected chi connectivity index (χ3v) is 3.63. The molecule has 3 nitrogen and oxygen atoms in total. The molecule has 0 spiro atoms. The van der Waals surface area contributed by atoms with E-state index in [4.69, 9.17) is 0 Å². The first kappa shape index (κ1) is 12.8. The molecule has 1 aliphatic carbocycles. The molecule has 0 bridgehead atoms. The van der Waals surface area contributed by atoms with E-state index in [2.05, 4.69) is 27.3 Å². The molecule has 94 valence electrons. The number of nitrogens with one attached hydrogen (secondary N) is 1. The van der Waals surface area contributed by atoms with Crippen molar-refractivity contribution in [1.82, 2.24) is 15.2 Å². The average molecular weight is 254 g/mol. The lowest BCUT2D eigenvalue weighted by Gasteiger charge is -2.36. The van der Waals surface area contributed by atoms with Gasteiger partial charge >= 0.3 is 0 Å². The Labute approximate surface area is 109 Å². The summed E-state index contributed by atoms with van der Waals surface area (Å²) in [4.78, 5) is 6.74. The summed E-state index contributed by atoms with van der Waals surface area (Å²) in [5, 5.41) is 3.49. The highest BCUT2D eigenvalue weighted by molar-refractivity contribution is 5.85. The van der Waals surface area contributed by atoms with E-state index < -0.39 is 0 Å². The summed E-state index contributed by atoms with van der Waals surface area (Å²) < 4.78 is 0. The number of halogens is 1. The monoisotopic (exact) mass is 253 g/mol. The SMILES string of the molecule is Cl.c1cc(C2CNCCN2CC2CC2)ccn1. The summed E-state index contributed by atoms with van der Waals surface area (Å²) in [5.41, 5.74) is 1.41. The van der Waals surface area contributed by atoms with Crippen LogP contribution in [-0.4, -0.2) is 36.1 Å². The van der Waals surface area contributed by atoms with Crippen LogP contribution >= 0.6 is 12.4 Å². The fraction of sp³-hybridized carbons (Fsp3) is 0.615. The zero-order chi connectivity index (χ0) is 10.8. The summed E-state index contributed by atoms with van der Waals surface area (Å²) in [6.07, 6.45) is 6.68. The Hall–Kier alpha value is -0.640. The quantitative estimate of drug-likeness (QED) is 0.891. The van der Waals surface area contributed by atoms with Crippen LogP contribution in [0.15, 0.2) is 24.5 Å². The number of aromatic nitrogens is 1. The minimum absolute atomic E-state index is 0. The zero-order valence-corrected chi connectivity index (χ0v) is 10.8. The van der Waals surface area contributed by atoms with E-state index in [0.717, 1.165) is 19.0 Å². The van der Waals surface area contributed by atoms with Gasteiger partial charge in [-0.25, -0.2) is 0 Å². The minimum Gasteiger partial charge on any atom is -0.314 e. The summed E-state index contributed by atoms with van der Waals surface area (Å²) >= 11 is 0. The average Bonchev–Trinajstić information content (AvgIpc) is 3.15. The van der Waals surface area contributed by atoms with Crippen LogP contribution in [-0.2, 0) is 0 Å². The van der Waals surface area contributed by atoms with E-state index in [1.54, 1.807) is 0 Å². The van der Waals surface area contributed by atoms with Gasteiger partial charge < -0.3 is 5.32 Å². The molecular weight excluding hydrogens is 234 g/mol. The van der Waals surface area contributed by atoms with E-state index in [9.17, 15) is 0 Å². The largest absolute Gasteiger partial charge is 0.314 e. The fourth-order valence-corrected chi connectivity index (χ4v) is 2.51. The molecule has 2 aliphatic rings. The van der Waals surface area contributed by atoms with Crippen molar-refractivity contribution in [2.75, 3.05) is 26.2 Å². The Kier molecular flexibility index (Phi) is 4.37. The van der Waals surface area contributed by atoms with Gasteiger partial charge in [0, 0.05) is 44.6 Å². The first-order valence-electron chi connectivity index (χ1n) is 6.28. The normalized spacial score (nSPS) is 25.3. The molecule has 2 fully saturated rings. The van der Waals surface area contributed by atoms with Gasteiger partial charge in [-0.1, -0.05) is 0 Å². The van der Waals surface area contributed by atoms with Gasteiger partial charge in [0.15, 0.2) is 0 Å². The second-order valence-electron chi connectivity index (χ2n) is 4.94. The van der Waals surface area contributed by atoms with Crippen molar-refractivity contribution in [3.63, 3.8) is 0 Å². The van der Waals surface area contributed by atoms with Crippen molar-refractivity contribution in [3.05, 3.63) is 30.1 Å². The van der Waals surface area contributed by atoms with Gasteiger partial charge in [-0.15, -0.1) is 12.4 Å². The van der Waals surface area contributed by atoms with Gasteiger partial charge in [-0.05, 0) is 36.5 Å².